The van der Waals surface area contributed by atoms with E-state index in [4.69, 9.17) is 9.40 Å². The van der Waals surface area contributed by atoms with Crippen LogP contribution in [0.1, 0.15) is 12.3 Å². The molecule has 1 aromatic carbocycles. The first-order chi connectivity index (χ1) is 14.1. The van der Waals surface area contributed by atoms with Gasteiger partial charge in [0, 0.05) is 44.4 Å². The number of oxazole rings is 1. The topological polar surface area (TPSA) is 66.9 Å². The zero-order valence-electron chi connectivity index (χ0n) is 16.6. The quantitative estimate of drug-likeness (QED) is 0.525. The molecular weight excluding hydrogens is 366 g/mol. The van der Waals surface area contributed by atoms with Crippen molar-refractivity contribution in [1.82, 2.24) is 19.3 Å². The number of anilines is 1. The molecule has 0 aliphatic carbocycles. The highest BCUT2D eigenvalue weighted by molar-refractivity contribution is 5.79. The van der Waals surface area contributed by atoms with Gasteiger partial charge in [0.15, 0.2) is 11.5 Å². The third kappa shape index (κ3) is 3.38. The molecule has 148 valence electrons. The average molecular weight is 389 g/mol. The molecule has 7 nitrogen and oxygen atoms in total. The Hall–Kier alpha value is -3.19. The molecule has 0 radical (unpaired) electrons. The highest BCUT2D eigenvalue weighted by Gasteiger charge is 2.14. The summed E-state index contributed by atoms with van der Waals surface area (Å²) in [5, 5.41) is 0. The summed E-state index contributed by atoms with van der Waals surface area (Å²) in [6.07, 6.45) is 3.02. The second kappa shape index (κ2) is 7.00. The lowest BCUT2D eigenvalue weighted by Gasteiger charge is -2.23. The fourth-order valence-corrected chi connectivity index (χ4v) is 3.93. The number of aryl methyl sites for hydroxylation is 1. The Morgan fingerprint density at radius 1 is 1.00 bits per heavy atom. The molecule has 4 aromatic rings. The van der Waals surface area contributed by atoms with Crippen LogP contribution in [-0.2, 0) is 0 Å². The molecule has 1 aliphatic rings. The van der Waals surface area contributed by atoms with Crippen molar-refractivity contribution in [2.75, 3.05) is 38.1 Å². The minimum atomic E-state index is -0.0902. The van der Waals surface area contributed by atoms with Gasteiger partial charge in [0.05, 0.1) is 11.4 Å². The summed E-state index contributed by atoms with van der Waals surface area (Å²) in [5.74, 6) is 0.621. The highest BCUT2D eigenvalue weighted by Crippen LogP contribution is 2.24. The summed E-state index contributed by atoms with van der Waals surface area (Å²) < 4.78 is 7.25. The van der Waals surface area contributed by atoms with Gasteiger partial charge in [-0.2, -0.15) is 0 Å². The van der Waals surface area contributed by atoms with Gasteiger partial charge in [-0.15, -0.1) is 0 Å². The van der Waals surface area contributed by atoms with Crippen molar-refractivity contribution in [2.45, 2.75) is 13.3 Å². The zero-order valence-corrected chi connectivity index (χ0v) is 16.6. The second-order valence-electron chi connectivity index (χ2n) is 7.65. The van der Waals surface area contributed by atoms with E-state index in [0.717, 1.165) is 49.4 Å². The van der Waals surface area contributed by atoms with E-state index < -0.39 is 0 Å². The van der Waals surface area contributed by atoms with Crippen molar-refractivity contribution in [3.8, 4) is 11.3 Å². The Labute approximate surface area is 168 Å². The van der Waals surface area contributed by atoms with Gasteiger partial charge in [0.2, 0.25) is 0 Å². The minimum Gasteiger partial charge on any atom is -0.441 e. The summed E-state index contributed by atoms with van der Waals surface area (Å²) >= 11 is 0. The van der Waals surface area contributed by atoms with E-state index >= 15 is 0 Å². The lowest BCUT2D eigenvalue weighted by Crippen LogP contribution is -2.29. The van der Waals surface area contributed by atoms with Crippen LogP contribution in [0, 0.1) is 6.92 Å². The first kappa shape index (κ1) is 17.9. The Kier molecular flexibility index (Phi) is 4.32. The predicted octanol–water partition coefficient (Wildman–Crippen LogP) is 2.95. The van der Waals surface area contributed by atoms with Crippen molar-refractivity contribution >= 4 is 22.4 Å². The van der Waals surface area contributed by atoms with Crippen LogP contribution in [-0.4, -0.2) is 52.5 Å². The fraction of sp³-hybridized carbons (Fsp3) is 0.318. The second-order valence-corrected chi connectivity index (χ2v) is 7.65. The van der Waals surface area contributed by atoms with Crippen molar-refractivity contribution in [2.24, 2.45) is 0 Å². The predicted molar refractivity (Wildman–Crippen MR) is 114 cm³/mol. The molecule has 1 fully saturated rings. The third-order valence-electron chi connectivity index (χ3n) is 5.52. The summed E-state index contributed by atoms with van der Waals surface area (Å²) in [7, 11) is 2.15. The largest absolute Gasteiger partial charge is 0.441 e. The summed E-state index contributed by atoms with van der Waals surface area (Å²) in [4.78, 5) is 26.6. The van der Waals surface area contributed by atoms with Crippen LogP contribution in [0.15, 0.2) is 51.8 Å². The van der Waals surface area contributed by atoms with Crippen LogP contribution < -0.4 is 10.5 Å². The number of aromatic nitrogens is 3. The maximum atomic E-state index is 12.9. The van der Waals surface area contributed by atoms with Gasteiger partial charge in [-0.05, 0) is 44.3 Å². The Morgan fingerprint density at radius 3 is 2.79 bits per heavy atom. The number of fused-ring (bicyclic) bond motifs is 2. The molecule has 0 unspecified atom stereocenters. The van der Waals surface area contributed by atoms with Crippen LogP contribution in [0.4, 0.5) is 5.69 Å². The molecule has 0 amide bonds. The molecule has 1 aliphatic heterocycles. The minimum absolute atomic E-state index is 0.0902. The number of likely N-dealkylation sites (N-methyl/N-ethyl adjacent to an activating group) is 1. The van der Waals surface area contributed by atoms with Crippen molar-refractivity contribution < 1.29 is 4.42 Å². The fourth-order valence-electron chi connectivity index (χ4n) is 3.93. The normalized spacial score (nSPS) is 15.9. The van der Waals surface area contributed by atoms with E-state index in [9.17, 15) is 4.79 Å². The standard InChI is InChI=1S/C22H23N5O2/c1-15-23-18-6-4-16(12-20(18)29-15)19-13-22(28)27-14-17(5-7-21(27)24-19)26-9-3-8-25(2)10-11-26/h4-7,12-14H,3,8-11H2,1-2H3. The van der Waals surface area contributed by atoms with Crippen LogP contribution in [0.3, 0.4) is 0 Å². The Bertz CT molecular complexity index is 1260. The van der Waals surface area contributed by atoms with E-state index in [0.29, 0.717) is 22.8 Å². The van der Waals surface area contributed by atoms with Gasteiger partial charge >= 0.3 is 0 Å². The maximum absolute atomic E-state index is 12.9. The summed E-state index contributed by atoms with van der Waals surface area (Å²) in [5.41, 5.74) is 4.58. The first-order valence-corrected chi connectivity index (χ1v) is 9.91. The molecular formula is C22H23N5O2. The maximum Gasteiger partial charge on any atom is 0.258 e. The highest BCUT2D eigenvalue weighted by atomic mass is 16.3. The smallest absolute Gasteiger partial charge is 0.258 e. The zero-order chi connectivity index (χ0) is 20.0. The van der Waals surface area contributed by atoms with Crippen molar-refractivity contribution in [1.29, 1.82) is 0 Å². The lowest BCUT2D eigenvalue weighted by molar-refractivity contribution is 0.360. The molecule has 0 atom stereocenters. The molecule has 7 heteroatoms. The number of benzene rings is 1. The van der Waals surface area contributed by atoms with E-state index in [1.807, 2.05) is 37.4 Å². The third-order valence-corrected chi connectivity index (χ3v) is 5.52. The number of pyridine rings is 1. The average Bonchev–Trinajstić information content (AvgIpc) is 2.95. The van der Waals surface area contributed by atoms with Gasteiger partial charge in [-0.1, -0.05) is 6.07 Å². The number of nitrogens with zero attached hydrogens (tertiary/aromatic N) is 5. The van der Waals surface area contributed by atoms with Gasteiger partial charge in [0.25, 0.3) is 5.56 Å². The number of hydrogen-bond acceptors (Lipinski definition) is 6. The first-order valence-electron chi connectivity index (χ1n) is 9.91. The van der Waals surface area contributed by atoms with Crippen LogP contribution in [0.2, 0.25) is 0 Å². The molecule has 3 aromatic heterocycles. The molecule has 1 saturated heterocycles. The van der Waals surface area contributed by atoms with E-state index in [1.54, 1.807) is 10.5 Å². The van der Waals surface area contributed by atoms with Crippen molar-refractivity contribution in [3.05, 3.63) is 58.8 Å². The van der Waals surface area contributed by atoms with Gasteiger partial charge in [0.1, 0.15) is 11.2 Å². The van der Waals surface area contributed by atoms with Gasteiger partial charge in [-0.25, -0.2) is 9.97 Å². The Balaban J connectivity index is 1.53. The molecule has 5 rings (SSSR count). The summed E-state index contributed by atoms with van der Waals surface area (Å²) in [6.45, 7) is 5.89. The van der Waals surface area contributed by atoms with Crippen molar-refractivity contribution in [3.63, 3.8) is 0 Å². The molecule has 0 bridgehead atoms. The van der Waals surface area contributed by atoms with Crippen LogP contribution in [0.25, 0.3) is 28.0 Å². The SMILES string of the molecule is Cc1nc2ccc(-c3cc(=O)n4cc(N5CCCN(C)CC5)ccc4n3)cc2o1. The molecule has 0 N–H and O–H groups in total. The number of hydrogen-bond donors (Lipinski definition) is 0. The molecule has 4 heterocycles. The Morgan fingerprint density at radius 2 is 1.90 bits per heavy atom. The summed E-state index contributed by atoms with van der Waals surface area (Å²) in [6, 6.07) is 11.3. The van der Waals surface area contributed by atoms with Gasteiger partial charge < -0.3 is 14.2 Å². The van der Waals surface area contributed by atoms with E-state index in [2.05, 4.69) is 27.9 Å². The van der Waals surface area contributed by atoms with Crippen LogP contribution >= 0.6 is 0 Å². The molecule has 0 spiro atoms. The van der Waals surface area contributed by atoms with Crippen LogP contribution in [0.5, 0.6) is 0 Å². The lowest BCUT2D eigenvalue weighted by atomic mass is 10.1. The van der Waals surface area contributed by atoms with Gasteiger partial charge in [-0.3, -0.25) is 9.20 Å². The van der Waals surface area contributed by atoms with E-state index in [-0.39, 0.29) is 5.56 Å². The number of rotatable bonds is 2. The van der Waals surface area contributed by atoms with E-state index in [1.165, 1.54) is 0 Å². The molecule has 29 heavy (non-hydrogen) atoms. The monoisotopic (exact) mass is 389 g/mol. The molecule has 0 saturated carbocycles.